The molecule has 0 saturated carbocycles. The molecule has 16 heavy (non-hydrogen) atoms. The van der Waals surface area contributed by atoms with Crippen molar-refractivity contribution in [1.29, 1.82) is 0 Å². The molecule has 1 amide bonds. The predicted octanol–water partition coefficient (Wildman–Crippen LogP) is 0.824. The van der Waals surface area contributed by atoms with Gasteiger partial charge < -0.3 is 14.9 Å². The monoisotopic (exact) mass is 226 g/mol. The molecule has 0 bridgehead atoms. The molecule has 0 aliphatic carbocycles. The largest absolute Gasteiger partial charge is 0.481 e. The molecule has 0 aliphatic heterocycles. The van der Waals surface area contributed by atoms with Gasteiger partial charge in [-0.25, -0.2) is 0 Å². The van der Waals surface area contributed by atoms with Gasteiger partial charge >= 0.3 is 5.97 Å². The third-order valence-electron chi connectivity index (χ3n) is 2.24. The summed E-state index contributed by atoms with van der Waals surface area (Å²) in [5, 5.41) is 14.7. The number of carbonyl (C=O) groups is 2. The number of nitrogens with zero attached hydrogens (tertiary/aromatic N) is 1. The minimum atomic E-state index is -0.870. The Hall–Kier alpha value is -1.85. The van der Waals surface area contributed by atoms with Crippen molar-refractivity contribution in [2.75, 3.05) is 6.54 Å². The first kappa shape index (κ1) is 12.2. The van der Waals surface area contributed by atoms with Crippen LogP contribution in [-0.4, -0.2) is 28.7 Å². The standard InChI is InChI=1S/C10H14N2O4/c1-6(10(14)15)3-4-11-9(13)8-7(2)5-12-16-8/h5-6H,3-4H2,1-2H3,(H,11,13)(H,14,15). The minimum absolute atomic E-state index is 0.169. The summed E-state index contributed by atoms with van der Waals surface area (Å²) in [5.41, 5.74) is 0.656. The molecular weight excluding hydrogens is 212 g/mol. The Morgan fingerprint density at radius 1 is 1.62 bits per heavy atom. The van der Waals surface area contributed by atoms with E-state index >= 15 is 0 Å². The molecule has 0 spiro atoms. The van der Waals surface area contributed by atoms with E-state index in [2.05, 4.69) is 10.5 Å². The summed E-state index contributed by atoms with van der Waals surface area (Å²) in [6.07, 6.45) is 1.84. The summed E-state index contributed by atoms with van der Waals surface area (Å²) in [6.45, 7) is 3.60. The van der Waals surface area contributed by atoms with Crippen molar-refractivity contribution in [2.24, 2.45) is 5.92 Å². The molecule has 0 aliphatic rings. The van der Waals surface area contributed by atoms with Crippen LogP contribution in [-0.2, 0) is 4.79 Å². The fourth-order valence-electron chi connectivity index (χ4n) is 1.12. The summed E-state index contributed by atoms with van der Waals surface area (Å²) < 4.78 is 4.75. The highest BCUT2D eigenvalue weighted by Gasteiger charge is 2.15. The first-order chi connectivity index (χ1) is 7.52. The molecule has 88 valence electrons. The number of nitrogens with one attached hydrogen (secondary N) is 1. The topological polar surface area (TPSA) is 92.4 Å². The summed E-state index contributed by atoms with van der Waals surface area (Å²) in [5.74, 6) is -1.54. The molecule has 2 N–H and O–H groups in total. The van der Waals surface area contributed by atoms with E-state index < -0.39 is 11.9 Å². The van der Waals surface area contributed by atoms with E-state index in [-0.39, 0.29) is 11.7 Å². The second-order valence-corrected chi connectivity index (χ2v) is 3.62. The number of aromatic nitrogens is 1. The van der Waals surface area contributed by atoms with Gasteiger partial charge in [0.2, 0.25) is 5.76 Å². The maximum atomic E-state index is 11.5. The van der Waals surface area contributed by atoms with Crippen LogP contribution in [0.3, 0.4) is 0 Å². The zero-order chi connectivity index (χ0) is 12.1. The Kier molecular flexibility index (Phi) is 4.04. The predicted molar refractivity (Wildman–Crippen MR) is 55.0 cm³/mol. The Bertz CT molecular complexity index is 386. The first-order valence-electron chi connectivity index (χ1n) is 4.94. The number of carboxylic acid groups (broad SMARTS) is 1. The van der Waals surface area contributed by atoms with Crippen LogP contribution in [0.5, 0.6) is 0 Å². The average molecular weight is 226 g/mol. The Balaban J connectivity index is 2.37. The van der Waals surface area contributed by atoms with E-state index in [1.165, 1.54) is 6.20 Å². The molecule has 1 rings (SSSR count). The fraction of sp³-hybridized carbons (Fsp3) is 0.500. The van der Waals surface area contributed by atoms with Crippen molar-refractivity contribution in [3.05, 3.63) is 17.5 Å². The van der Waals surface area contributed by atoms with Gasteiger partial charge in [0, 0.05) is 12.1 Å². The van der Waals surface area contributed by atoms with Gasteiger partial charge in [-0.3, -0.25) is 9.59 Å². The van der Waals surface area contributed by atoms with E-state index in [1.807, 2.05) is 0 Å². The van der Waals surface area contributed by atoms with Crippen molar-refractivity contribution in [3.63, 3.8) is 0 Å². The van der Waals surface area contributed by atoms with Crippen molar-refractivity contribution in [3.8, 4) is 0 Å². The number of carbonyl (C=O) groups excluding carboxylic acids is 1. The normalized spacial score (nSPS) is 12.1. The van der Waals surface area contributed by atoms with Gasteiger partial charge in [0.15, 0.2) is 0 Å². The molecule has 1 unspecified atom stereocenters. The van der Waals surface area contributed by atoms with E-state index in [4.69, 9.17) is 9.63 Å². The summed E-state index contributed by atoms with van der Waals surface area (Å²) >= 11 is 0. The second-order valence-electron chi connectivity index (χ2n) is 3.62. The zero-order valence-corrected chi connectivity index (χ0v) is 9.19. The molecule has 1 aromatic heterocycles. The van der Waals surface area contributed by atoms with Gasteiger partial charge in [-0.1, -0.05) is 12.1 Å². The van der Waals surface area contributed by atoms with Gasteiger partial charge in [0.1, 0.15) is 0 Å². The van der Waals surface area contributed by atoms with Crippen molar-refractivity contribution in [2.45, 2.75) is 20.3 Å². The Morgan fingerprint density at radius 2 is 2.31 bits per heavy atom. The maximum Gasteiger partial charge on any atom is 0.306 e. The maximum absolute atomic E-state index is 11.5. The lowest BCUT2D eigenvalue weighted by atomic mass is 10.1. The van der Waals surface area contributed by atoms with Crippen molar-refractivity contribution >= 4 is 11.9 Å². The van der Waals surface area contributed by atoms with Gasteiger partial charge in [-0.15, -0.1) is 0 Å². The smallest absolute Gasteiger partial charge is 0.306 e. The highest BCUT2D eigenvalue weighted by Crippen LogP contribution is 2.06. The summed E-state index contributed by atoms with van der Waals surface area (Å²) in [7, 11) is 0. The van der Waals surface area contributed by atoms with Crippen LogP contribution < -0.4 is 5.32 Å². The molecule has 0 aromatic carbocycles. The number of carboxylic acids is 1. The van der Waals surface area contributed by atoms with Gasteiger partial charge in [0.25, 0.3) is 5.91 Å². The zero-order valence-electron chi connectivity index (χ0n) is 9.19. The van der Waals surface area contributed by atoms with Crippen molar-refractivity contribution < 1.29 is 19.2 Å². The number of aryl methyl sites for hydroxylation is 1. The van der Waals surface area contributed by atoms with Gasteiger partial charge in [0.05, 0.1) is 12.1 Å². The quantitative estimate of drug-likeness (QED) is 0.775. The Morgan fingerprint density at radius 3 is 2.81 bits per heavy atom. The molecule has 6 heteroatoms. The SMILES string of the molecule is Cc1cnoc1C(=O)NCCC(C)C(=O)O. The summed E-state index contributed by atoms with van der Waals surface area (Å²) in [4.78, 5) is 22.0. The number of hydrogen-bond donors (Lipinski definition) is 2. The van der Waals surface area contributed by atoms with Gasteiger partial charge in [-0.2, -0.15) is 0 Å². The molecule has 1 heterocycles. The van der Waals surface area contributed by atoms with Crippen LogP contribution in [0.25, 0.3) is 0 Å². The number of aliphatic carboxylic acids is 1. The number of rotatable bonds is 5. The van der Waals surface area contributed by atoms with Crippen LogP contribution in [0.1, 0.15) is 29.5 Å². The average Bonchev–Trinajstić information content (AvgIpc) is 2.64. The number of hydrogen-bond acceptors (Lipinski definition) is 4. The van der Waals surface area contributed by atoms with Crippen LogP contribution in [0.15, 0.2) is 10.7 Å². The van der Waals surface area contributed by atoms with E-state index in [9.17, 15) is 9.59 Å². The molecular formula is C10H14N2O4. The van der Waals surface area contributed by atoms with Crippen LogP contribution in [0.2, 0.25) is 0 Å². The first-order valence-corrected chi connectivity index (χ1v) is 4.94. The molecule has 1 atom stereocenters. The van der Waals surface area contributed by atoms with Crippen molar-refractivity contribution in [1.82, 2.24) is 10.5 Å². The fourth-order valence-corrected chi connectivity index (χ4v) is 1.12. The Labute approximate surface area is 92.6 Å². The van der Waals surface area contributed by atoms with Crippen LogP contribution in [0, 0.1) is 12.8 Å². The lowest BCUT2D eigenvalue weighted by Gasteiger charge is -2.06. The van der Waals surface area contributed by atoms with E-state index in [0.29, 0.717) is 18.5 Å². The number of amides is 1. The minimum Gasteiger partial charge on any atom is -0.481 e. The van der Waals surface area contributed by atoms with E-state index in [0.717, 1.165) is 0 Å². The molecule has 1 aromatic rings. The molecule has 0 radical (unpaired) electrons. The third-order valence-corrected chi connectivity index (χ3v) is 2.24. The second kappa shape index (κ2) is 5.29. The molecule has 0 saturated heterocycles. The third kappa shape index (κ3) is 3.08. The van der Waals surface area contributed by atoms with E-state index in [1.54, 1.807) is 13.8 Å². The lowest BCUT2D eigenvalue weighted by molar-refractivity contribution is -0.141. The highest BCUT2D eigenvalue weighted by molar-refractivity contribution is 5.92. The summed E-state index contributed by atoms with van der Waals surface area (Å²) in [6, 6.07) is 0. The van der Waals surface area contributed by atoms with Crippen LogP contribution in [0.4, 0.5) is 0 Å². The highest BCUT2D eigenvalue weighted by atomic mass is 16.5. The van der Waals surface area contributed by atoms with Gasteiger partial charge in [-0.05, 0) is 13.3 Å². The molecule has 0 fully saturated rings. The lowest BCUT2D eigenvalue weighted by Crippen LogP contribution is -2.27. The molecule has 6 nitrogen and oxygen atoms in total. The van der Waals surface area contributed by atoms with Crippen LogP contribution >= 0.6 is 0 Å².